The summed E-state index contributed by atoms with van der Waals surface area (Å²) >= 11 is 0. The monoisotopic (exact) mass is 192 g/mol. The van der Waals surface area contributed by atoms with Crippen LogP contribution in [-0.4, -0.2) is 16.9 Å². The molecule has 5 nitrogen and oxygen atoms in total. The van der Waals surface area contributed by atoms with Gasteiger partial charge in [-0.2, -0.15) is 5.10 Å². The van der Waals surface area contributed by atoms with Crippen molar-refractivity contribution < 1.29 is 5.21 Å². The van der Waals surface area contributed by atoms with Gasteiger partial charge >= 0.3 is 0 Å². The van der Waals surface area contributed by atoms with Crippen LogP contribution in [-0.2, 0) is 0 Å². The van der Waals surface area contributed by atoms with E-state index in [-0.39, 0.29) is 5.96 Å². The van der Waals surface area contributed by atoms with Crippen molar-refractivity contribution in [1.82, 2.24) is 5.48 Å². The Morgan fingerprint density at radius 3 is 2.50 bits per heavy atom. The Hall–Kier alpha value is -1.88. The zero-order valence-corrected chi connectivity index (χ0v) is 7.81. The third-order valence-electron chi connectivity index (χ3n) is 1.61. The summed E-state index contributed by atoms with van der Waals surface area (Å²) in [5.41, 5.74) is 8.56. The molecule has 0 aliphatic heterocycles. The average molecular weight is 192 g/mol. The van der Waals surface area contributed by atoms with Crippen molar-refractivity contribution in [3.05, 3.63) is 35.9 Å². The van der Waals surface area contributed by atoms with E-state index in [1.54, 1.807) is 5.48 Å². The summed E-state index contributed by atoms with van der Waals surface area (Å²) in [6.45, 7) is 1.81. The van der Waals surface area contributed by atoms with Gasteiger partial charge in [-0.05, 0) is 12.5 Å². The van der Waals surface area contributed by atoms with E-state index < -0.39 is 0 Å². The first-order chi connectivity index (χ1) is 6.74. The Kier molecular flexibility index (Phi) is 3.63. The molecule has 1 rings (SSSR count). The summed E-state index contributed by atoms with van der Waals surface area (Å²) in [6, 6.07) is 9.56. The predicted octanol–water partition coefficient (Wildman–Crippen LogP) is 0.704. The van der Waals surface area contributed by atoms with Gasteiger partial charge in [-0.15, -0.1) is 5.10 Å². The topological polar surface area (TPSA) is 83.0 Å². The highest BCUT2D eigenvalue weighted by atomic mass is 16.5. The van der Waals surface area contributed by atoms with Gasteiger partial charge in [0.2, 0.25) is 5.96 Å². The van der Waals surface area contributed by atoms with Crippen LogP contribution in [0.25, 0.3) is 0 Å². The molecule has 0 bridgehead atoms. The molecule has 0 aliphatic carbocycles. The third kappa shape index (κ3) is 2.87. The van der Waals surface area contributed by atoms with Gasteiger partial charge in [-0.25, -0.2) is 5.48 Å². The van der Waals surface area contributed by atoms with E-state index in [1.165, 1.54) is 0 Å². The zero-order chi connectivity index (χ0) is 10.4. The Labute approximate surface area is 81.9 Å². The molecule has 0 aromatic heterocycles. The molecule has 0 heterocycles. The van der Waals surface area contributed by atoms with Crippen LogP contribution in [0.2, 0.25) is 0 Å². The molecule has 0 amide bonds. The fourth-order valence-corrected chi connectivity index (χ4v) is 0.888. The maximum atomic E-state index is 8.34. The van der Waals surface area contributed by atoms with E-state index in [1.807, 2.05) is 37.3 Å². The summed E-state index contributed by atoms with van der Waals surface area (Å²) in [4.78, 5) is 0. The number of guanidine groups is 1. The molecule has 0 atom stereocenters. The van der Waals surface area contributed by atoms with E-state index in [2.05, 4.69) is 10.2 Å². The minimum Gasteiger partial charge on any atom is -0.367 e. The number of nitrogens with two attached hydrogens (primary N) is 1. The van der Waals surface area contributed by atoms with Gasteiger partial charge in [0.15, 0.2) is 0 Å². The lowest BCUT2D eigenvalue weighted by atomic mass is 10.1. The van der Waals surface area contributed by atoms with Crippen molar-refractivity contribution in [3.8, 4) is 0 Å². The lowest BCUT2D eigenvalue weighted by Crippen LogP contribution is -2.27. The molecule has 1 aromatic carbocycles. The van der Waals surface area contributed by atoms with Gasteiger partial charge in [0.1, 0.15) is 0 Å². The highest BCUT2D eigenvalue weighted by Crippen LogP contribution is 2.00. The second-order valence-corrected chi connectivity index (χ2v) is 2.65. The van der Waals surface area contributed by atoms with Crippen molar-refractivity contribution in [2.75, 3.05) is 0 Å². The summed E-state index contributed by atoms with van der Waals surface area (Å²) in [5, 5.41) is 15.7. The van der Waals surface area contributed by atoms with Gasteiger partial charge in [0.05, 0.1) is 5.71 Å². The Balaban J connectivity index is 2.81. The highest BCUT2D eigenvalue weighted by molar-refractivity contribution is 5.98. The Bertz CT molecular complexity index is 345. The Morgan fingerprint density at radius 1 is 1.29 bits per heavy atom. The van der Waals surface area contributed by atoms with E-state index >= 15 is 0 Å². The van der Waals surface area contributed by atoms with E-state index in [0.717, 1.165) is 11.3 Å². The molecule has 0 saturated heterocycles. The van der Waals surface area contributed by atoms with Gasteiger partial charge in [0, 0.05) is 0 Å². The number of benzene rings is 1. The molecule has 0 saturated carbocycles. The number of hydroxylamine groups is 1. The van der Waals surface area contributed by atoms with Crippen molar-refractivity contribution in [3.63, 3.8) is 0 Å². The molecule has 1 aromatic rings. The number of hydrogen-bond acceptors (Lipinski definition) is 3. The van der Waals surface area contributed by atoms with Gasteiger partial charge < -0.3 is 5.73 Å². The lowest BCUT2D eigenvalue weighted by Gasteiger charge is -1.97. The largest absolute Gasteiger partial charge is 0.367 e. The molecule has 0 spiro atoms. The second kappa shape index (κ2) is 4.98. The van der Waals surface area contributed by atoms with Crippen molar-refractivity contribution >= 4 is 11.7 Å². The van der Waals surface area contributed by atoms with Gasteiger partial charge in [0.25, 0.3) is 0 Å². The van der Waals surface area contributed by atoms with Crippen LogP contribution >= 0.6 is 0 Å². The Morgan fingerprint density at radius 2 is 1.93 bits per heavy atom. The number of hydrogen-bond donors (Lipinski definition) is 3. The van der Waals surface area contributed by atoms with Crippen molar-refractivity contribution in [2.24, 2.45) is 15.9 Å². The van der Waals surface area contributed by atoms with Gasteiger partial charge in [-0.3, -0.25) is 5.21 Å². The van der Waals surface area contributed by atoms with Crippen LogP contribution in [0.4, 0.5) is 0 Å². The molecular weight excluding hydrogens is 180 g/mol. The highest BCUT2D eigenvalue weighted by Gasteiger charge is 1.94. The SMILES string of the molecule is CC(=NN=C(N)NO)c1ccccc1. The maximum absolute atomic E-state index is 8.34. The normalized spacial score (nSPS) is 12.7. The van der Waals surface area contributed by atoms with Crippen LogP contribution in [0.15, 0.2) is 40.5 Å². The van der Waals surface area contributed by atoms with Crippen LogP contribution < -0.4 is 11.2 Å². The van der Waals surface area contributed by atoms with Crippen LogP contribution in [0.3, 0.4) is 0 Å². The molecule has 0 unspecified atom stereocenters. The van der Waals surface area contributed by atoms with Crippen LogP contribution in [0, 0.1) is 0 Å². The molecule has 0 aliphatic rings. The third-order valence-corrected chi connectivity index (χ3v) is 1.61. The van der Waals surface area contributed by atoms with Crippen molar-refractivity contribution in [2.45, 2.75) is 6.92 Å². The molecule has 74 valence electrons. The van der Waals surface area contributed by atoms with E-state index in [4.69, 9.17) is 10.9 Å². The summed E-state index contributed by atoms with van der Waals surface area (Å²) in [6.07, 6.45) is 0. The molecule has 0 radical (unpaired) electrons. The number of nitrogens with one attached hydrogen (secondary N) is 1. The minimum absolute atomic E-state index is 0.139. The molecule has 0 fully saturated rings. The number of rotatable bonds is 2. The maximum Gasteiger partial charge on any atom is 0.237 e. The minimum atomic E-state index is -0.139. The average Bonchev–Trinajstić information content (AvgIpc) is 2.26. The summed E-state index contributed by atoms with van der Waals surface area (Å²) in [7, 11) is 0. The summed E-state index contributed by atoms with van der Waals surface area (Å²) < 4.78 is 0. The summed E-state index contributed by atoms with van der Waals surface area (Å²) in [5.74, 6) is -0.139. The zero-order valence-electron chi connectivity index (χ0n) is 7.81. The molecular formula is C9H12N4O. The first kappa shape index (κ1) is 10.2. The van der Waals surface area contributed by atoms with Crippen LogP contribution in [0.5, 0.6) is 0 Å². The molecule has 5 heteroatoms. The second-order valence-electron chi connectivity index (χ2n) is 2.65. The number of nitrogens with zero attached hydrogens (tertiary/aromatic N) is 2. The van der Waals surface area contributed by atoms with Crippen LogP contribution in [0.1, 0.15) is 12.5 Å². The molecule has 4 N–H and O–H groups in total. The first-order valence-electron chi connectivity index (χ1n) is 4.07. The first-order valence-corrected chi connectivity index (χ1v) is 4.07. The van der Waals surface area contributed by atoms with E-state index in [0.29, 0.717) is 0 Å². The lowest BCUT2D eigenvalue weighted by molar-refractivity contribution is 0.232. The fraction of sp³-hybridized carbons (Fsp3) is 0.111. The smallest absolute Gasteiger partial charge is 0.237 e. The predicted molar refractivity (Wildman–Crippen MR) is 55.2 cm³/mol. The van der Waals surface area contributed by atoms with Gasteiger partial charge in [-0.1, -0.05) is 30.3 Å². The standard InChI is InChI=1S/C9H12N4O/c1-7(11-12-9(10)13-14)8-5-3-2-4-6-8/h2-6,14H,1H3,(H3,10,12,13). The molecule has 14 heavy (non-hydrogen) atoms. The van der Waals surface area contributed by atoms with E-state index in [9.17, 15) is 0 Å². The van der Waals surface area contributed by atoms with Crippen molar-refractivity contribution in [1.29, 1.82) is 0 Å². The fourth-order valence-electron chi connectivity index (χ4n) is 0.888. The quantitative estimate of drug-likeness (QED) is 0.366.